The Hall–Kier alpha value is -3.00. The first-order valence-corrected chi connectivity index (χ1v) is 12.1. The second-order valence-corrected chi connectivity index (χ2v) is 10.4. The van der Waals surface area contributed by atoms with Gasteiger partial charge in [-0.25, -0.2) is 4.68 Å². The third kappa shape index (κ3) is 2.61. The zero-order chi connectivity index (χ0) is 24.3. The van der Waals surface area contributed by atoms with Crippen LogP contribution in [-0.4, -0.2) is 41.4 Å². The number of alkyl halides is 3. The lowest BCUT2D eigenvalue weighted by Gasteiger charge is -2.57. The molecule has 0 radical (unpaired) electrons. The van der Waals surface area contributed by atoms with E-state index in [4.69, 9.17) is 14.6 Å². The number of aryl methyl sites for hydroxylation is 1. The van der Waals surface area contributed by atoms with E-state index < -0.39 is 11.7 Å². The largest absolute Gasteiger partial charge is 0.493 e. The van der Waals surface area contributed by atoms with Crippen LogP contribution in [0.2, 0.25) is 0 Å². The van der Waals surface area contributed by atoms with Crippen LogP contribution >= 0.6 is 0 Å². The second kappa shape index (κ2) is 6.81. The van der Waals surface area contributed by atoms with Crippen molar-refractivity contribution < 1.29 is 22.6 Å². The number of aromatic nitrogens is 2. The average Bonchev–Trinajstić information content (AvgIpc) is 3.35. The van der Waals surface area contributed by atoms with Crippen LogP contribution in [0.3, 0.4) is 0 Å². The molecule has 3 heterocycles. The van der Waals surface area contributed by atoms with E-state index in [0.717, 1.165) is 66.4 Å². The fourth-order valence-electron chi connectivity index (χ4n) is 7.36. The number of halogens is 3. The van der Waals surface area contributed by atoms with Gasteiger partial charge >= 0.3 is 6.18 Å². The Balaban J connectivity index is 1.45. The molecule has 35 heavy (non-hydrogen) atoms. The van der Waals surface area contributed by atoms with E-state index in [1.165, 1.54) is 23.3 Å². The maximum atomic E-state index is 13.2. The number of hydrogen-bond donors (Lipinski definition) is 0. The lowest BCUT2D eigenvalue weighted by atomic mass is 9.51. The van der Waals surface area contributed by atoms with Gasteiger partial charge in [-0.3, -0.25) is 0 Å². The molecule has 0 amide bonds. The number of benzene rings is 2. The molecule has 1 spiro atoms. The Bertz CT molecular complexity index is 1360. The summed E-state index contributed by atoms with van der Waals surface area (Å²) in [5.41, 5.74) is 5.38. The van der Waals surface area contributed by atoms with Gasteiger partial charge in [0.1, 0.15) is 0 Å². The third-order valence-corrected chi connectivity index (χ3v) is 8.93. The molecule has 3 aromatic rings. The Morgan fingerprint density at radius 2 is 1.89 bits per heavy atom. The first kappa shape index (κ1) is 21.3. The molecule has 8 heteroatoms. The number of piperidine rings is 1. The van der Waals surface area contributed by atoms with Gasteiger partial charge in [0.05, 0.1) is 29.7 Å². The Morgan fingerprint density at radius 3 is 2.60 bits per heavy atom. The molecular weight excluding hydrogens is 455 g/mol. The summed E-state index contributed by atoms with van der Waals surface area (Å²) in [6.07, 6.45) is -1.82. The molecule has 1 fully saturated rings. The molecule has 2 aliphatic carbocycles. The minimum absolute atomic E-state index is 0.197. The quantitative estimate of drug-likeness (QED) is 0.516. The van der Waals surface area contributed by atoms with Crippen molar-refractivity contribution in [2.75, 3.05) is 20.7 Å². The predicted octanol–water partition coefficient (Wildman–Crippen LogP) is 5.01. The van der Waals surface area contributed by atoms with Crippen LogP contribution in [0.15, 0.2) is 36.4 Å². The molecule has 4 aliphatic rings. The van der Waals surface area contributed by atoms with Gasteiger partial charge in [-0.15, -0.1) is 0 Å². The van der Waals surface area contributed by atoms with Gasteiger partial charge in [0, 0.05) is 22.6 Å². The van der Waals surface area contributed by atoms with Crippen LogP contribution < -0.4 is 9.47 Å². The van der Waals surface area contributed by atoms with Gasteiger partial charge in [0.2, 0.25) is 0 Å². The number of methoxy groups -OCH3 is 1. The van der Waals surface area contributed by atoms with Gasteiger partial charge < -0.3 is 14.4 Å². The highest BCUT2D eigenvalue weighted by molar-refractivity contribution is 5.63. The number of nitrogens with zero attached hydrogens (tertiary/aromatic N) is 3. The van der Waals surface area contributed by atoms with Crippen LogP contribution in [0.4, 0.5) is 13.2 Å². The summed E-state index contributed by atoms with van der Waals surface area (Å²) in [7, 11) is 3.88. The van der Waals surface area contributed by atoms with Gasteiger partial charge in [0.25, 0.3) is 0 Å². The van der Waals surface area contributed by atoms with Crippen LogP contribution in [0.25, 0.3) is 5.69 Å². The van der Waals surface area contributed by atoms with Crippen LogP contribution in [0.5, 0.6) is 11.5 Å². The predicted molar refractivity (Wildman–Crippen MR) is 123 cm³/mol. The molecule has 2 aliphatic heterocycles. The van der Waals surface area contributed by atoms with Crippen molar-refractivity contribution >= 4 is 0 Å². The summed E-state index contributed by atoms with van der Waals surface area (Å²) in [5.74, 6) is 1.94. The zero-order valence-corrected chi connectivity index (χ0v) is 19.8. The standard InChI is InChI=1S/C27H26F3N3O2/c1-14-18-13-19-20-12-15-4-9-21(34-3)24-22(15)26(19,10-11-32(20)2)25(35-24)23(18)33(31-14)17-7-5-16(6-8-17)27(28,29)30/h4-9,19-20,25H,10-13H2,1-3H3/t19-,20+,25-,26-/m0/s1. The molecule has 5 nitrogen and oxygen atoms in total. The van der Waals surface area contributed by atoms with E-state index in [2.05, 4.69) is 18.0 Å². The molecule has 0 N–H and O–H groups in total. The Kier molecular flexibility index (Phi) is 4.14. The first-order valence-electron chi connectivity index (χ1n) is 12.1. The van der Waals surface area contributed by atoms with Crippen molar-refractivity contribution in [1.29, 1.82) is 0 Å². The molecular formula is C27H26F3N3O2. The number of ether oxygens (including phenoxy) is 2. The number of likely N-dealkylation sites (N-methyl/N-ethyl adjacent to an activating group) is 1. The van der Waals surface area contributed by atoms with Crippen molar-refractivity contribution in [3.8, 4) is 17.2 Å². The van der Waals surface area contributed by atoms with Crippen molar-refractivity contribution in [3.05, 3.63) is 70.0 Å². The highest BCUT2D eigenvalue weighted by Gasteiger charge is 2.65. The van der Waals surface area contributed by atoms with Crippen molar-refractivity contribution in [1.82, 2.24) is 14.7 Å². The van der Waals surface area contributed by atoms with Crippen LogP contribution in [0, 0.1) is 12.8 Å². The minimum atomic E-state index is -4.38. The van der Waals surface area contributed by atoms with E-state index in [1.54, 1.807) is 7.11 Å². The normalized spacial score (nSPS) is 28.3. The fraction of sp³-hybridized carbons (Fsp3) is 0.444. The van der Waals surface area contributed by atoms with Crippen LogP contribution in [-0.2, 0) is 24.4 Å². The maximum absolute atomic E-state index is 13.2. The van der Waals surface area contributed by atoms with Crippen molar-refractivity contribution in [2.24, 2.45) is 5.92 Å². The third-order valence-electron chi connectivity index (χ3n) is 8.93. The second-order valence-electron chi connectivity index (χ2n) is 10.4. The molecule has 1 saturated heterocycles. The Morgan fingerprint density at radius 1 is 1.11 bits per heavy atom. The number of rotatable bonds is 2. The lowest BCUT2D eigenvalue weighted by Crippen LogP contribution is -2.62. The summed E-state index contributed by atoms with van der Waals surface area (Å²) in [4.78, 5) is 2.48. The monoisotopic (exact) mass is 481 g/mol. The first-order chi connectivity index (χ1) is 16.7. The Labute approximate surface area is 201 Å². The van der Waals surface area contributed by atoms with E-state index in [0.29, 0.717) is 17.6 Å². The maximum Gasteiger partial charge on any atom is 0.416 e. The van der Waals surface area contributed by atoms with Gasteiger partial charge in [-0.1, -0.05) is 6.07 Å². The lowest BCUT2D eigenvalue weighted by molar-refractivity contribution is -0.137. The molecule has 0 saturated carbocycles. The summed E-state index contributed by atoms with van der Waals surface area (Å²) in [6, 6.07) is 9.85. The van der Waals surface area contributed by atoms with E-state index in [1.807, 2.05) is 17.7 Å². The van der Waals surface area contributed by atoms with Gasteiger partial charge in [0.15, 0.2) is 17.6 Å². The number of likely N-dealkylation sites (tertiary alicyclic amines) is 1. The average molecular weight is 482 g/mol. The van der Waals surface area contributed by atoms with Gasteiger partial charge in [-0.2, -0.15) is 18.3 Å². The summed E-state index contributed by atoms with van der Waals surface area (Å²) in [5, 5.41) is 4.85. The summed E-state index contributed by atoms with van der Waals surface area (Å²) < 4.78 is 54.0. The molecule has 7 rings (SSSR count). The highest BCUT2D eigenvalue weighted by Crippen LogP contribution is 2.67. The molecule has 2 aromatic carbocycles. The summed E-state index contributed by atoms with van der Waals surface area (Å²) >= 11 is 0. The molecule has 2 bridgehead atoms. The highest BCUT2D eigenvalue weighted by atomic mass is 19.4. The number of fused-ring (bicyclic) bond motifs is 2. The van der Waals surface area contributed by atoms with E-state index in [9.17, 15) is 13.2 Å². The number of hydrogen-bond acceptors (Lipinski definition) is 4. The van der Waals surface area contributed by atoms with Crippen molar-refractivity contribution in [2.45, 2.75) is 49.9 Å². The summed E-state index contributed by atoms with van der Waals surface area (Å²) in [6.45, 7) is 2.97. The molecule has 4 atom stereocenters. The SMILES string of the molecule is COc1ccc2c3c1O[C@H]1c4c(c(C)nn4-c4ccc(C(F)(F)F)cc4)C[C@H]4[C@@H](C2)N(C)CC[C@]314. The van der Waals surface area contributed by atoms with Crippen LogP contribution in [0.1, 0.15) is 46.2 Å². The molecule has 0 unspecified atom stereocenters. The van der Waals surface area contributed by atoms with E-state index >= 15 is 0 Å². The minimum Gasteiger partial charge on any atom is -0.493 e. The molecule has 1 aromatic heterocycles. The molecule has 182 valence electrons. The van der Waals surface area contributed by atoms with Crippen molar-refractivity contribution in [3.63, 3.8) is 0 Å². The topological polar surface area (TPSA) is 39.5 Å². The zero-order valence-electron chi connectivity index (χ0n) is 19.8. The smallest absolute Gasteiger partial charge is 0.416 e. The van der Waals surface area contributed by atoms with Gasteiger partial charge in [-0.05, 0) is 81.6 Å². The van der Waals surface area contributed by atoms with E-state index in [-0.39, 0.29) is 11.5 Å². The fourth-order valence-corrected chi connectivity index (χ4v) is 7.36.